The van der Waals surface area contributed by atoms with Crippen molar-refractivity contribution >= 4 is 16.8 Å². The van der Waals surface area contributed by atoms with E-state index in [0.717, 1.165) is 32.1 Å². The molecule has 0 N–H and O–H groups in total. The summed E-state index contributed by atoms with van der Waals surface area (Å²) in [6.07, 6.45) is 1.83. The maximum Gasteiger partial charge on any atom is 0.265 e. The molecule has 0 amide bonds. The van der Waals surface area contributed by atoms with E-state index in [0.29, 0.717) is 40.1 Å². The number of Topliss-reactive ketones (excluding diaryl/α,β-unsaturated/α-hetero) is 1. The first-order valence-electron chi connectivity index (χ1n) is 10.0. The average Bonchev–Trinajstić information content (AvgIpc) is 3.05. The lowest BCUT2D eigenvalue weighted by Crippen LogP contribution is -2.34. The molecule has 0 bridgehead atoms. The SMILES string of the molecule is Cc1c(C(=O)CN2CCCCC2)c2ncc(C(F)F)cc2n1-c1ccc(C#N)cc1. The zero-order valence-corrected chi connectivity index (χ0v) is 16.7. The van der Waals surface area contributed by atoms with Gasteiger partial charge in [0.2, 0.25) is 0 Å². The Labute approximate surface area is 173 Å². The third-order valence-corrected chi connectivity index (χ3v) is 5.66. The van der Waals surface area contributed by atoms with Crippen molar-refractivity contribution in [3.05, 3.63) is 58.9 Å². The molecule has 1 aromatic carbocycles. The zero-order valence-electron chi connectivity index (χ0n) is 16.7. The van der Waals surface area contributed by atoms with Crippen LogP contribution in [0.4, 0.5) is 8.78 Å². The van der Waals surface area contributed by atoms with Crippen LogP contribution in [-0.4, -0.2) is 39.9 Å². The Morgan fingerprint density at radius 2 is 1.90 bits per heavy atom. The molecule has 3 heterocycles. The summed E-state index contributed by atoms with van der Waals surface area (Å²) in [5, 5.41) is 9.06. The molecular formula is C23H22F2N4O. The molecule has 154 valence electrons. The fourth-order valence-corrected chi connectivity index (χ4v) is 4.17. The van der Waals surface area contributed by atoms with Crippen LogP contribution in [0.25, 0.3) is 16.7 Å². The Hall–Kier alpha value is -3.11. The molecule has 0 aliphatic carbocycles. The number of pyridine rings is 1. The average molecular weight is 408 g/mol. The maximum atomic E-state index is 13.3. The minimum atomic E-state index is -2.65. The summed E-state index contributed by atoms with van der Waals surface area (Å²) < 4.78 is 28.5. The molecule has 0 saturated carbocycles. The first-order chi connectivity index (χ1) is 14.5. The number of fused-ring (bicyclic) bond motifs is 1. The van der Waals surface area contributed by atoms with E-state index >= 15 is 0 Å². The van der Waals surface area contributed by atoms with E-state index in [1.54, 1.807) is 28.8 Å². The standard InChI is InChI=1S/C23H22F2N4O/c1-15-21(20(30)14-28-9-3-2-4-10-28)22-19(11-17(13-27-22)23(24)25)29(15)18-7-5-16(12-26)6-8-18/h5-8,11,13,23H,2-4,9-10,14H2,1H3. The molecule has 3 aromatic rings. The molecule has 30 heavy (non-hydrogen) atoms. The van der Waals surface area contributed by atoms with Crippen LogP contribution in [-0.2, 0) is 0 Å². The Morgan fingerprint density at radius 3 is 2.53 bits per heavy atom. The van der Waals surface area contributed by atoms with Crippen molar-refractivity contribution in [2.75, 3.05) is 19.6 Å². The number of rotatable bonds is 5. The predicted octanol–water partition coefficient (Wildman–Crippen LogP) is 4.81. The van der Waals surface area contributed by atoms with Crippen molar-refractivity contribution in [1.82, 2.24) is 14.5 Å². The van der Waals surface area contributed by atoms with Gasteiger partial charge in [0.25, 0.3) is 6.43 Å². The van der Waals surface area contributed by atoms with Crippen molar-refractivity contribution < 1.29 is 13.6 Å². The second kappa shape index (κ2) is 8.33. The van der Waals surface area contributed by atoms with Crippen LogP contribution in [0.1, 0.15) is 52.9 Å². The topological polar surface area (TPSA) is 61.9 Å². The van der Waals surface area contributed by atoms with E-state index in [2.05, 4.69) is 16.0 Å². The van der Waals surface area contributed by atoms with Gasteiger partial charge in [-0.05, 0) is 63.2 Å². The molecule has 1 aliphatic rings. The highest BCUT2D eigenvalue weighted by atomic mass is 19.3. The van der Waals surface area contributed by atoms with Gasteiger partial charge in [0.15, 0.2) is 5.78 Å². The highest BCUT2D eigenvalue weighted by Crippen LogP contribution is 2.31. The molecule has 0 spiro atoms. The first kappa shape index (κ1) is 20.2. The van der Waals surface area contributed by atoms with Crippen LogP contribution < -0.4 is 0 Å². The highest BCUT2D eigenvalue weighted by Gasteiger charge is 2.25. The second-order valence-corrected chi connectivity index (χ2v) is 7.65. The molecular weight excluding hydrogens is 386 g/mol. The number of nitriles is 1. The number of ketones is 1. The number of benzene rings is 1. The summed E-state index contributed by atoms with van der Waals surface area (Å²) in [7, 11) is 0. The molecule has 5 nitrogen and oxygen atoms in total. The van der Waals surface area contributed by atoms with Gasteiger partial charge in [-0.1, -0.05) is 6.42 Å². The van der Waals surface area contributed by atoms with Gasteiger partial charge in [0, 0.05) is 23.1 Å². The normalized spacial score (nSPS) is 14.9. The molecule has 0 radical (unpaired) electrons. The van der Waals surface area contributed by atoms with Crippen molar-refractivity contribution in [2.45, 2.75) is 32.6 Å². The molecule has 1 saturated heterocycles. The van der Waals surface area contributed by atoms with Crippen LogP contribution in [0, 0.1) is 18.3 Å². The van der Waals surface area contributed by atoms with Crippen molar-refractivity contribution in [3.8, 4) is 11.8 Å². The quantitative estimate of drug-likeness (QED) is 0.569. The highest BCUT2D eigenvalue weighted by molar-refractivity contribution is 6.09. The summed E-state index contributed by atoms with van der Waals surface area (Å²) >= 11 is 0. The largest absolute Gasteiger partial charge is 0.312 e. The second-order valence-electron chi connectivity index (χ2n) is 7.65. The molecule has 2 aromatic heterocycles. The fourth-order valence-electron chi connectivity index (χ4n) is 4.17. The Kier molecular flexibility index (Phi) is 5.60. The Balaban J connectivity index is 1.84. The van der Waals surface area contributed by atoms with Crippen LogP contribution in [0.5, 0.6) is 0 Å². The molecule has 0 unspecified atom stereocenters. The van der Waals surface area contributed by atoms with Crippen molar-refractivity contribution in [2.24, 2.45) is 0 Å². The fraction of sp³-hybridized carbons (Fsp3) is 0.348. The minimum absolute atomic E-state index is 0.0518. The predicted molar refractivity (Wildman–Crippen MR) is 110 cm³/mol. The van der Waals surface area contributed by atoms with E-state index in [9.17, 15) is 13.6 Å². The van der Waals surface area contributed by atoms with E-state index < -0.39 is 6.43 Å². The molecule has 4 rings (SSSR count). The molecule has 7 heteroatoms. The lowest BCUT2D eigenvalue weighted by atomic mass is 10.1. The lowest BCUT2D eigenvalue weighted by Gasteiger charge is -2.25. The first-order valence-corrected chi connectivity index (χ1v) is 10.0. The van der Waals surface area contributed by atoms with Crippen LogP contribution in [0.2, 0.25) is 0 Å². The molecule has 0 atom stereocenters. The number of hydrogen-bond acceptors (Lipinski definition) is 4. The number of hydrogen-bond donors (Lipinski definition) is 0. The van der Waals surface area contributed by atoms with E-state index in [-0.39, 0.29) is 11.3 Å². The van der Waals surface area contributed by atoms with Gasteiger partial charge < -0.3 is 4.57 Å². The number of piperidine rings is 1. The van der Waals surface area contributed by atoms with Gasteiger partial charge in [0.1, 0.15) is 0 Å². The number of nitrogens with zero attached hydrogens (tertiary/aromatic N) is 4. The van der Waals surface area contributed by atoms with Crippen LogP contribution in [0.15, 0.2) is 36.5 Å². The lowest BCUT2D eigenvalue weighted by molar-refractivity contribution is 0.0916. The number of alkyl halides is 2. The van der Waals surface area contributed by atoms with Gasteiger partial charge in [0.05, 0.1) is 34.8 Å². The Bertz CT molecular complexity index is 1120. The molecule has 1 aliphatic heterocycles. The Morgan fingerprint density at radius 1 is 1.20 bits per heavy atom. The summed E-state index contributed by atoms with van der Waals surface area (Å²) in [5.74, 6) is -0.0518. The number of carbonyl (C=O) groups is 1. The summed E-state index contributed by atoms with van der Waals surface area (Å²) in [6.45, 7) is 3.89. The van der Waals surface area contributed by atoms with Crippen molar-refractivity contribution in [3.63, 3.8) is 0 Å². The van der Waals surface area contributed by atoms with Crippen LogP contribution in [0.3, 0.4) is 0 Å². The minimum Gasteiger partial charge on any atom is -0.312 e. The number of aromatic nitrogens is 2. The third kappa shape index (κ3) is 3.71. The monoisotopic (exact) mass is 408 g/mol. The van der Waals surface area contributed by atoms with Gasteiger partial charge in [-0.25, -0.2) is 8.78 Å². The third-order valence-electron chi connectivity index (χ3n) is 5.66. The van der Waals surface area contributed by atoms with Gasteiger partial charge in [-0.15, -0.1) is 0 Å². The smallest absolute Gasteiger partial charge is 0.265 e. The maximum absolute atomic E-state index is 13.3. The number of carbonyl (C=O) groups excluding carboxylic acids is 1. The summed E-state index contributed by atoms with van der Waals surface area (Å²) in [4.78, 5) is 19.6. The van der Waals surface area contributed by atoms with Gasteiger partial charge in [-0.3, -0.25) is 14.7 Å². The summed E-state index contributed by atoms with van der Waals surface area (Å²) in [5.41, 5.74) is 3.05. The molecule has 1 fully saturated rings. The van der Waals surface area contributed by atoms with Gasteiger partial charge in [-0.2, -0.15) is 5.26 Å². The van der Waals surface area contributed by atoms with E-state index in [1.807, 2.05) is 6.92 Å². The zero-order chi connectivity index (χ0) is 21.3. The van der Waals surface area contributed by atoms with E-state index in [1.165, 1.54) is 12.5 Å². The van der Waals surface area contributed by atoms with E-state index in [4.69, 9.17) is 5.26 Å². The van der Waals surface area contributed by atoms with Crippen LogP contribution >= 0.6 is 0 Å². The van der Waals surface area contributed by atoms with Gasteiger partial charge >= 0.3 is 0 Å². The number of halogens is 2. The number of likely N-dealkylation sites (tertiary alicyclic amines) is 1. The van der Waals surface area contributed by atoms with Crippen molar-refractivity contribution in [1.29, 1.82) is 5.26 Å². The summed E-state index contributed by atoms with van der Waals surface area (Å²) in [6, 6.07) is 10.3.